The van der Waals surface area contributed by atoms with E-state index in [-0.39, 0.29) is 17.9 Å². The molecule has 3 fully saturated rings. The number of carbonyl (C=O) groups is 3. The third kappa shape index (κ3) is 7.17. The highest BCUT2D eigenvalue weighted by Gasteiger charge is 2.30. The summed E-state index contributed by atoms with van der Waals surface area (Å²) in [4.78, 5) is 41.2. The Kier molecular flexibility index (Phi) is 9.27. The fourth-order valence-electron chi connectivity index (χ4n) is 5.01. The zero-order chi connectivity index (χ0) is 21.2. The van der Waals surface area contributed by atoms with Crippen molar-refractivity contribution in [3.8, 4) is 0 Å². The van der Waals surface area contributed by atoms with Crippen molar-refractivity contribution in [2.24, 2.45) is 5.92 Å². The summed E-state index contributed by atoms with van der Waals surface area (Å²) in [5.41, 5.74) is 0. The number of piperidine rings is 1. The maximum atomic E-state index is 12.8. The highest BCUT2D eigenvalue weighted by molar-refractivity contribution is 5.80. The van der Waals surface area contributed by atoms with Gasteiger partial charge in [-0.15, -0.1) is 0 Å². The van der Waals surface area contributed by atoms with Gasteiger partial charge in [-0.2, -0.15) is 0 Å². The highest BCUT2D eigenvalue weighted by Crippen LogP contribution is 2.22. The Hall–Kier alpha value is -1.79. The fraction of sp³-hybridized carbons (Fsp3) is 0.870. The van der Waals surface area contributed by atoms with Crippen LogP contribution in [0.25, 0.3) is 0 Å². The van der Waals surface area contributed by atoms with E-state index in [4.69, 9.17) is 0 Å². The zero-order valence-corrected chi connectivity index (χ0v) is 18.5. The minimum atomic E-state index is -0.109. The molecule has 0 radical (unpaired) electrons. The molecule has 1 saturated carbocycles. The first-order valence-electron chi connectivity index (χ1n) is 12.2. The summed E-state index contributed by atoms with van der Waals surface area (Å²) >= 11 is 0. The van der Waals surface area contributed by atoms with Crippen molar-refractivity contribution in [2.45, 2.75) is 89.5 Å². The molecule has 0 bridgehead atoms. The van der Waals surface area contributed by atoms with Crippen LogP contribution in [0.4, 0.5) is 4.79 Å². The summed E-state index contributed by atoms with van der Waals surface area (Å²) in [7, 11) is 0. The maximum Gasteiger partial charge on any atom is 0.315 e. The van der Waals surface area contributed by atoms with Gasteiger partial charge < -0.3 is 20.4 Å². The van der Waals surface area contributed by atoms with Crippen LogP contribution in [-0.2, 0) is 9.59 Å². The number of nitrogens with zero attached hydrogens (tertiary/aromatic N) is 2. The Morgan fingerprint density at radius 1 is 0.733 bits per heavy atom. The Bertz CT molecular complexity index is 561. The van der Waals surface area contributed by atoms with Gasteiger partial charge in [0.15, 0.2) is 0 Å². The van der Waals surface area contributed by atoms with Crippen LogP contribution in [-0.4, -0.2) is 66.4 Å². The first kappa shape index (κ1) is 22.9. The second kappa shape index (κ2) is 12.2. The molecule has 2 aliphatic heterocycles. The molecule has 1 aliphatic carbocycles. The van der Waals surface area contributed by atoms with E-state index in [0.717, 1.165) is 51.6 Å². The van der Waals surface area contributed by atoms with Crippen molar-refractivity contribution < 1.29 is 14.4 Å². The monoisotopic (exact) mass is 420 g/mol. The Balaban J connectivity index is 1.27. The zero-order valence-electron chi connectivity index (χ0n) is 18.5. The Morgan fingerprint density at radius 2 is 1.37 bits per heavy atom. The maximum absolute atomic E-state index is 12.8. The van der Waals surface area contributed by atoms with Crippen LogP contribution in [0.15, 0.2) is 0 Å². The summed E-state index contributed by atoms with van der Waals surface area (Å²) in [5.74, 6) is 0.527. The summed E-state index contributed by atoms with van der Waals surface area (Å²) in [5, 5.41) is 5.92. The van der Waals surface area contributed by atoms with E-state index in [2.05, 4.69) is 15.5 Å². The molecular weight excluding hydrogens is 380 g/mol. The van der Waals surface area contributed by atoms with Crippen LogP contribution in [0, 0.1) is 5.92 Å². The largest absolute Gasteiger partial charge is 0.343 e. The normalized spacial score (nSPS) is 21.7. The van der Waals surface area contributed by atoms with Crippen LogP contribution in [0.5, 0.6) is 0 Å². The van der Waals surface area contributed by atoms with Crippen LogP contribution in [0.3, 0.4) is 0 Å². The third-order valence-electron chi connectivity index (χ3n) is 6.91. The third-order valence-corrected chi connectivity index (χ3v) is 6.91. The topological polar surface area (TPSA) is 81.8 Å². The number of urea groups is 1. The molecule has 2 N–H and O–H groups in total. The Morgan fingerprint density at radius 3 is 2.03 bits per heavy atom. The van der Waals surface area contributed by atoms with Gasteiger partial charge in [-0.1, -0.05) is 32.1 Å². The summed E-state index contributed by atoms with van der Waals surface area (Å²) < 4.78 is 0. The summed E-state index contributed by atoms with van der Waals surface area (Å²) in [6.45, 7) is 3.68. The average molecular weight is 421 g/mol. The number of likely N-dealkylation sites (tertiary alicyclic amines) is 2. The van der Waals surface area contributed by atoms with E-state index in [0.29, 0.717) is 44.4 Å². The number of amides is 4. The minimum absolute atomic E-state index is 0.0808. The molecular formula is C23H40N4O3. The van der Waals surface area contributed by atoms with Gasteiger partial charge in [0.05, 0.1) is 0 Å². The lowest BCUT2D eigenvalue weighted by molar-refractivity contribution is -0.140. The molecule has 0 spiro atoms. The van der Waals surface area contributed by atoms with Gasteiger partial charge in [0.25, 0.3) is 0 Å². The standard InChI is InChI=1S/C23H40N4O3/c28-21(11-8-14-24-23(30)25-20-9-4-3-5-10-20)26-17-12-19(13-18-26)22(29)27-15-6-1-2-7-16-27/h19-20H,1-18H2,(H2,24,25,30). The number of hydrogen-bond acceptors (Lipinski definition) is 3. The van der Waals surface area contributed by atoms with Crippen molar-refractivity contribution in [2.75, 3.05) is 32.7 Å². The number of nitrogens with one attached hydrogen (secondary N) is 2. The van der Waals surface area contributed by atoms with Gasteiger partial charge in [-0.3, -0.25) is 9.59 Å². The molecule has 3 rings (SSSR count). The van der Waals surface area contributed by atoms with E-state index >= 15 is 0 Å². The van der Waals surface area contributed by atoms with Gasteiger partial charge in [-0.05, 0) is 44.9 Å². The molecule has 30 heavy (non-hydrogen) atoms. The Labute approximate surface area is 181 Å². The SMILES string of the molecule is O=C(NCCCC(=O)N1CCC(C(=O)N2CCCCCC2)CC1)NC1CCCCC1. The van der Waals surface area contributed by atoms with E-state index in [1.807, 2.05) is 4.90 Å². The molecule has 3 aliphatic rings. The number of carbonyl (C=O) groups excluding carboxylic acids is 3. The summed E-state index contributed by atoms with van der Waals surface area (Å²) in [6, 6.07) is 0.195. The molecule has 0 aromatic carbocycles. The quantitative estimate of drug-likeness (QED) is 0.648. The van der Waals surface area contributed by atoms with E-state index in [1.165, 1.54) is 32.1 Å². The van der Waals surface area contributed by atoms with E-state index in [1.54, 1.807) is 0 Å². The molecule has 170 valence electrons. The lowest BCUT2D eigenvalue weighted by Crippen LogP contribution is -2.45. The molecule has 2 saturated heterocycles. The average Bonchev–Trinajstić information content (AvgIpc) is 3.06. The molecule has 0 aromatic rings. The van der Waals surface area contributed by atoms with Crippen molar-refractivity contribution in [3.05, 3.63) is 0 Å². The lowest BCUT2D eigenvalue weighted by atomic mass is 9.95. The van der Waals surface area contributed by atoms with Crippen LogP contribution < -0.4 is 10.6 Å². The molecule has 7 nitrogen and oxygen atoms in total. The van der Waals surface area contributed by atoms with Gasteiger partial charge in [0.2, 0.25) is 11.8 Å². The molecule has 2 heterocycles. The molecule has 7 heteroatoms. The first-order valence-corrected chi connectivity index (χ1v) is 12.2. The summed E-state index contributed by atoms with van der Waals surface area (Å²) in [6.07, 6.45) is 13.2. The van der Waals surface area contributed by atoms with Crippen LogP contribution in [0.1, 0.15) is 83.5 Å². The van der Waals surface area contributed by atoms with Crippen LogP contribution in [0.2, 0.25) is 0 Å². The second-order valence-corrected chi connectivity index (χ2v) is 9.23. The predicted molar refractivity (Wildman–Crippen MR) is 117 cm³/mol. The van der Waals surface area contributed by atoms with Crippen LogP contribution >= 0.6 is 0 Å². The van der Waals surface area contributed by atoms with Gasteiger partial charge >= 0.3 is 6.03 Å². The van der Waals surface area contributed by atoms with Gasteiger partial charge in [0.1, 0.15) is 0 Å². The van der Waals surface area contributed by atoms with Crippen molar-refractivity contribution in [3.63, 3.8) is 0 Å². The molecule has 0 atom stereocenters. The molecule has 0 unspecified atom stereocenters. The van der Waals surface area contributed by atoms with Gasteiger partial charge in [-0.25, -0.2) is 4.79 Å². The number of hydrogen-bond donors (Lipinski definition) is 2. The predicted octanol–water partition coefficient (Wildman–Crippen LogP) is 3.04. The highest BCUT2D eigenvalue weighted by atomic mass is 16.2. The lowest BCUT2D eigenvalue weighted by Gasteiger charge is -2.34. The van der Waals surface area contributed by atoms with Crippen molar-refractivity contribution >= 4 is 17.8 Å². The van der Waals surface area contributed by atoms with E-state index in [9.17, 15) is 14.4 Å². The second-order valence-electron chi connectivity index (χ2n) is 9.23. The first-order chi connectivity index (χ1) is 14.6. The smallest absolute Gasteiger partial charge is 0.315 e. The minimum Gasteiger partial charge on any atom is -0.343 e. The molecule has 0 aromatic heterocycles. The van der Waals surface area contributed by atoms with Crippen molar-refractivity contribution in [1.82, 2.24) is 20.4 Å². The van der Waals surface area contributed by atoms with Gasteiger partial charge in [0, 0.05) is 51.1 Å². The number of rotatable bonds is 6. The fourth-order valence-corrected chi connectivity index (χ4v) is 5.01. The van der Waals surface area contributed by atoms with E-state index < -0.39 is 0 Å². The van der Waals surface area contributed by atoms with Crippen molar-refractivity contribution in [1.29, 1.82) is 0 Å². The molecule has 4 amide bonds.